The Bertz CT molecular complexity index is 689. The maximum atomic E-state index is 9.03. The van der Waals surface area contributed by atoms with Crippen LogP contribution in [0, 0.1) is 0 Å². The number of imidazole rings is 1. The molecule has 0 aliphatic heterocycles. The Morgan fingerprint density at radius 3 is 2.95 bits per heavy atom. The van der Waals surface area contributed by atoms with E-state index in [2.05, 4.69) is 4.98 Å². The highest BCUT2D eigenvalue weighted by Gasteiger charge is 2.14. The zero-order valence-electron chi connectivity index (χ0n) is 10.2. The van der Waals surface area contributed by atoms with Gasteiger partial charge in [0.1, 0.15) is 0 Å². The molecule has 0 aliphatic carbocycles. The van der Waals surface area contributed by atoms with Gasteiger partial charge in [0.15, 0.2) is 11.6 Å². The zero-order chi connectivity index (χ0) is 13.2. The first-order chi connectivity index (χ1) is 9.29. The number of benzene rings is 1. The topological polar surface area (TPSA) is 51.2 Å². The number of halogens is 1. The highest BCUT2D eigenvalue weighted by molar-refractivity contribution is 6.31. The van der Waals surface area contributed by atoms with Gasteiger partial charge in [0.2, 0.25) is 0 Å². The van der Waals surface area contributed by atoms with E-state index in [0.29, 0.717) is 23.7 Å². The molecule has 1 N–H and O–H groups in total. The Balaban J connectivity index is 2.19. The summed E-state index contributed by atoms with van der Waals surface area (Å²) in [5, 5.41) is 9.70. The highest BCUT2D eigenvalue weighted by Crippen LogP contribution is 2.27. The molecule has 0 saturated carbocycles. The number of aliphatic hydroxyl groups excluding tert-OH is 1. The van der Waals surface area contributed by atoms with Crippen molar-refractivity contribution in [3.63, 3.8) is 0 Å². The van der Waals surface area contributed by atoms with Crippen LogP contribution in [0.15, 0.2) is 41.0 Å². The lowest BCUT2D eigenvalue weighted by atomic mass is 10.3. The molecule has 0 atom stereocenters. The van der Waals surface area contributed by atoms with Gasteiger partial charge in [-0.05, 0) is 36.8 Å². The quantitative estimate of drug-likeness (QED) is 0.795. The van der Waals surface area contributed by atoms with E-state index in [0.717, 1.165) is 16.9 Å². The SMILES string of the molecule is OCCCn1c(-c2ccco2)nc2ccc(Cl)cc21. The maximum absolute atomic E-state index is 9.03. The van der Waals surface area contributed by atoms with Crippen LogP contribution >= 0.6 is 11.6 Å². The summed E-state index contributed by atoms with van der Waals surface area (Å²) in [6.45, 7) is 0.807. The summed E-state index contributed by atoms with van der Waals surface area (Å²) < 4.78 is 7.45. The second kappa shape index (κ2) is 5.07. The Morgan fingerprint density at radius 1 is 1.32 bits per heavy atom. The van der Waals surface area contributed by atoms with Crippen molar-refractivity contribution in [1.82, 2.24) is 9.55 Å². The van der Waals surface area contributed by atoms with Crippen LogP contribution in [-0.2, 0) is 6.54 Å². The normalized spacial score (nSPS) is 11.3. The number of furan rings is 1. The van der Waals surface area contributed by atoms with Crippen molar-refractivity contribution in [2.45, 2.75) is 13.0 Å². The highest BCUT2D eigenvalue weighted by atomic mass is 35.5. The van der Waals surface area contributed by atoms with Crippen LogP contribution in [-0.4, -0.2) is 21.3 Å². The van der Waals surface area contributed by atoms with Crippen molar-refractivity contribution in [1.29, 1.82) is 0 Å². The van der Waals surface area contributed by atoms with Crippen LogP contribution in [0.3, 0.4) is 0 Å². The zero-order valence-corrected chi connectivity index (χ0v) is 11.0. The predicted octanol–water partition coefficient (Wildman–Crippen LogP) is 3.33. The number of aromatic nitrogens is 2. The van der Waals surface area contributed by atoms with E-state index in [-0.39, 0.29) is 6.61 Å². The molecule has 0 saturated heterocycles. The molecule has 0 fully saturated rings. The first kappa shape index (κ1) is 12.3. The summed E-state index contributed by atoms with van der Waals surface area (Å²) in [7, 11) is 0. The lowest BCUT2D eigenvalue weighted by molar-refractivity contribution is 0.280. The summed E-state index contributed by atoms with van der Waals surface area (Å²) in [5.74, 6) is 1.47. The van der Waals surface area contributed by atoms with Gasteiger partial charge < -0.3 is 14.1 Å². The van der Waals surface area contributed by atoms with Gasteiger partial charge in [0.25, 0.3) is 0 Å². The Morgan fingerprint density at radius 2 is 2.21 bits per heavy atom. The lowest BCUT2D eigenvalue weighted by Gasteiger charge is -2.06. The standard InChI is InChI=1S/C14H13ClN2O2/c15-10-4-5-11-12(9-10)17(6-2-7-18)14(16-11)13-3-1-8-19-13/h1,3-5,8-9,18H,2,6-7H2. The Hall–Kier alpha value is -1.78. The molecule has 1 aromatic carbocycles. The summed E-state index contributed by atoms with van der Waals surface area (Å²) in [6.07, 6.45) is 2.28. The number of nitrogens with zero attached hydrogens (tertiary/aromatic N) is 2. The van der Waals surface area contributed by atoms with Gasteiger partial charge in [-0.1, -0.05) is 11.6 Å². The summed E-state index contributed by atoms with van der Waals surface area (Å²) >= 11 is 6.04. The summed E-state index contributed by atoms with van der Waals surface area (Å²) in [4.78, 5) is 4.58. The molecule has 2 aromatic heterocycles. The summed E-state index contributed by atoms with van der Waals surface area (Å²) in [6, 6.07) is 9.29. The first-order valence-electron chi connectivity index (χ1n) is 6.10. The fraction of sp³-hybridized carbons (Fsp3) is 0.214. The number of hydrogen-bond acceptors (Lipinski definition) is 3. The molecule has 0 bridgehead atoms. The predicted molar refractivity (Wildman–Crippen MR) is 74.1 cm³/mol. The van der Waals surface area contributed by atoms with E-state index in [1.165, 1.54) is 0 Å². The lowest BCUT2D eigenvalue weighted by Crippen LogP contribution is -2.02. The molecule has 0 amide bonds. The van der Waals surface area contributed by atoms with Gasteiger partial charge in [0, 0.05) is 18.2 Å². The van der Waals surface area contributed by atoms with Crippen molar-refractivity contribution in [3.05, 3.63) is 41.6 Å². The van der Waals surface area contributed by atoms with Gasteiger partial charge in [-0.15, -0.1) is 0 Å². The largest absolute Gasteiger partial charge is 0.461 e. The van der Waals surface area contributed by atoms with Crippen molar-refractivity contribution >= 4 is 22.6 Å². The van der Waals surface area contributed by atoms with E-state index >= 15 is 0 Å². The van der Waals surface area contributed by atoms with Gasteiger partial charge in [-0.3, -0.25) is 0 Å². The molecule has 0 unspecified atom stereocenters. The number of hydrogen-bond donors (Lipinski definition) is 1. The van der Waals surface area contributed by atoms with Gasteiger partial charge in [-0.2, -0.15) is 0 Å². The number of fused-ring (bicyclic) bond motifs is 1. The monoisotopic (exact) mass is 276 g/mol. The minimum atomic E-state index is 0.137. The molecule has 5 heteroatoms. The molecule has 4 nitrogen and oxygen atoms in total. The molecular formula is C14H13ClN2O2. The van der Waals surface area contributed by atoms with E-state index < -0.39 is 0 Å². The molecule has 0 radical (unpaired) electrons. The first-order valence-corrected chi connectivity index (χ1v) is 6.48. The Labute approximate surface area is 115 Å². The number of rotatable bonds is 4. The third-order valence-electron chi connectivity index (χ3n) is 2.99. The van der Waals surface area contributed by atoms with Crippen molar-refractivity contribution in [3.8, 4) is 11.6 Å². The minimum absolute atomic E-state index is 0.137. The van der Waals surface area contributed by atoms with Crippen molar-refractivity contribution < 1.29 is 9.52 Å². The van der Waals surface area contributed by atoms with Crippen molar-refractivity contribution in [2.75, 3.05) is 6.61 Å². The smallest absolute Gasteiger partial charge is 0.177 e. The fourth-order valence-electron chi connectivity index (χ4n) is 2.14. The average molecular weight is 277 g/mol. The van der Waals surface area contributed by atoms with E-state index in [9.17, 15) is 0 Å². The molecule has 19 heavy (non-hydrogen) atoms. The van der Waals surface area contributed by atoms with Crippen LogP contribution in [0.1, 0.15) is 6.42 Å². The molecule has 3 aromatic rings. The van der Waals surface area contributed by atoms with E-state index in [4.69, 9.17) is 21.1 Å². The number of aliphatic hydroxyl groups is 1. The molecule has 0 spiro atoms. The molecule has 0 aliphatic rings. The molecular weight excluding hydrogens is 264 g/mol. The van der Waals surface area contributed by atoms with Gasteiger partial charge in [-0.25, -0.2) is 4.98 Å². The van der Waals surface area contributed by atoms with Crippen LogP contribution in [0.4, 0.5) is 0 Å². The second-order valence-electron chi connectivity index (χ2n) is 4.27. The number of aryl methyl sites for hydroxylation is 1. The fourth-order valence-corrected chi connectivity index (χ4v) is 2.31. The summed E-state index contributed by atoms with van der Waals surface area (Å²) in [5.41, 5.74) is 1.82. The van der Waals surface area contributed by atoms with Crippen LogP contribution < -0.4 is 0 Å². The van der Waals surface area contributed by atoms with Crippen LogP contribution in [0.5, 0.6) is 0 Å². The van der Waals surface area contributed by atoms with Crippen LogP contribution in [0.25, 0.3) is 22.6 Å². The molecule has 2 heterocycles. The van der Waals surface area contributed by atoms with Gasteiger partial charge in [0.05, 0.1) is 17.3 Å². The van der Waals surface area contributed by atoms with Crippen molar-refractivity contribution in [2.24, 2.45) is 0 Å². The van der Waals surface area contributed by atoms with Crippen LogP contribution in [0.2, 0.25) is 5.02 Å². The molecule has 98 valence electrons. The third kappa shape index (κ3) is 2.25. The minimum Gasteiger partial charge on any atom is -0.461 e. The third-order valence-corrected chi connectivity index (χ3v) is 3.23. The van der Waals surface area contributed by atoms with E-state index in [1.54, 1.807) is 6.26 Å². The maximum Gasteiger partial charge on any atom is 0.177 e. The molecule has 3 rings (SSSR count). The van der Waals surface area contributed by atoms with E-state index in [1.807, 2.05) is 34.9 Å². The Kier molecular flexibility index (Phi) is 3.27. The second-order valence-corrected chi connectivity index (χ2v) is 4.71. The average Bonchev–Trinajstić information content (AvgIpc) is 3.03. The van der Waals surface area contributed by atoms with Gasteiger partial charge >= 0.3 is 0 Å².